The van der Waals surface area contributed by atoms with Crippen molar-refractivity contribution in [3.05, 3.63) is 23.4 Å². The topological polar surface area (TPSA) is 55.2 Å². The molecule has 78 valence electrons. The van der Waals surface area contributed by atoms with Crippen LogP contribution in [0.25, 0.3) is 11.0 Å². The largest absolute Gasteiger partial charge is 0.504 e. The van der Waals surface area contributed by atoms with Gasteiger partial charge in [0, 0.05) is 6.07 Å². The Morgan fingerprint density at radius 1 is 1.47 bits per heavy atom. The number of nitrogens with zero attached hydrogens (tertiary/aromatic N) is 2. The molecule has 0 aliphatic carbocycles. The van der Waals surface area contributed by atoms with Crippen molar-refractivity contribution in [2.75, 3.05) is 6.61 Å². The van der Waals surface area contributed by atoms with Gasteiger partial charge in [-0.25, -0.2) is 4.98 Å². The maximum atomic E-state index is 9.66. The minimum absolute atomic E-state index is 0.0665. The van der Waals surface area contributed by atoms with Gasteiger partial charge in [0.15, 0.2) is 5.75 Å². The van der Waals surface area contributed by atoms with Crippen molar-refractivity contribution >= 4 is 22.6 Å². The lowest BCUT2D eigenvalue weighted by molar-refractivity contribution is 0.328. The second-order valence-corrected chi connectivity index (χ2v) is 3.31. The van der Waals surface area contributed by atoms with Crippen molar-refractivity contribution in [1.82, 2.24) is 9.97 Å². The van der Waals surface area contributed by atoms with Crippen LogP contribution in [0.1, 0.15) is 6.92 Å². The molecule has 1 N–H and O–H groups in total. The monoisotopic (exact) mass is 224 g/mol. The van der Waals surface area contributed by atoms with Gasteiger partial charge in [-0.3, -0.25) is 4.98 Å². The lowest BCUT2D eigenvalue weighted by Crippen LogP contribution is -1.95. The van der Waals surface area contributed by atoms with E-state index in [-0.39, 0.29) is 10.8 Å². The third-order valence-electron chi connectivity index (χ3n) is 1.91. The van der Waals surface area contributed by atoms with Gasteiger partial charge in [-0.15, -0.1) is 0 Å². The lowest BCUT2D eigenvalue weighted by Gasteiger charge is -2.04. The van der Waals surface area contributed by atoms with Crippen LogP contribution in [0.15, 0.2) is 18.3 Å². The Bertz CT molecular complexity index is 502. The van der Waals surface area contributed by atoms with Crippen LogP contribution in [0, 0.1) is 0 Å². The number of pyridine rings is 2. The second-order valence-electron chi connectivity index (χ2n) is 2.90. The quantitative estimate of drug-likeness (QED) is 0.851. The van der Waals surface area contributed by atoms with E-state index in [2.05, 4.69) is 9.97 Å². The Morgan fingerprint density at radius 2 is 2.27 bits per heavy atom. The zero-order chi connectivity index (χ0) is 10.8. The Kier molecular flexibility index (Phi) is 2.60. The zero-order valence-corrected chi connectivity index (χ0v) is 8.82. The van der Waals surface area contributed by atoms with E-state index in [1.165, 1.54) is 6.20 Å². The summed E-state index contributed by atoms with van der Waals surface area (Å²) >= 11 is 5.72. The Morgan fingerprint density at radius 3 is 3.00 bits per heavy atom. The molecule has 0 saturated carbocycles. The van der Waals surface area contributed by atoms with Gasteiger partial charge in [0.05, 0.1) is 18.3 Å². The first-order chi connectivity index (χ1) is 7.22. The van der Waals surface area contributed by atoms with E-state index >= 15 is 0 Å². The molecule has 5 heteroatoms. The van der Waals surface area contributed by atoms with Crippen LogP contribution < -0.4 is 4.74 Å². The second kappa shape index (κ2) is 3.90. The van der Waals surface area contributed by atoms with Crippen molar-refractivity contribution in [3.8, 4) is 11.6 Å². The number of ether oxygens (including phenoxy) is 1. The maximum Gasteiger partial charge on any atom is 0.214 e. The molecule has 0 aliphatic rings. The number of hydrogen-bond donors (Lipinski definition) is 1. The number of halogens is 1. The van der Waals surface area contributed by atoms with Crippen LogP contribution in [0.2, 0.25) is 5.02 Å². The average molecular weight is 225 g/mol. The molecule has 2 aromatic rings. The summed E-state index contributed by atoms with van der Waals surface area (Å²) in [5.41, 5.74) is 0.939. The summed E-state index contributed by atoms with van der Waals surface area (Å²) in [6.07, 6.45) is 1.39. The van der Waals surface area contributed by atoms with Crippen molar-refractivity contribution in [2.24, 2.45) is 0 Å². The molecule has 0 unspecified atom stereocenters. The number of rotatable bonds is 2. The first kappa shape index (κ1) is 9.98. The lowest BCUT2D eigenvalue weighted by atomic mass is 10.3. The number of fused-ring (bicyclic) bond motifs is 1. The predicted molar refractivity (Wildman–Crippen MR) is 57.4 cm³/mol. The maximum absolute atomic E-state index is 9.66. The van der Waals surface area contributed by atoms with Crippen LogP contribution in [-0.2, 0) is 0 Å². The summed E-state index contributed by atoms with van der Waals surface area (Å²) in [7, 11) is 0. The summed E-state index contributed by atoms with van der Waals surface area (Å²) in [4.78, 5) is 8.14. The molecule has 0 bridgehead atoms. The van der Waals surface area contributed by atoms with Crippen LogP contribution in [0.5, 0.6) is 11.6 Å². The van der Waals surface area contributed by atoms with E-state index in [1.807, 2.05) is 6.92 Å². The minimum atomic E-state index is -0.0665. The average Bonchev–Trinajstić information content (AvgIpc) is 2.25. The van der Waals surface area contributed by atoms with Crippen LogP contribution in [0.3, 0.4) is 0 Å². The first-order valence-corrected chi connectivity index (χ1v) is 4.87. The highest BCUT2D eigenvalue weighted by Crippen LogP contribution is 2.30. The van der Waals surface area contributed by atoms with Gasteiger partial charge < -0.3 is 9.84 Å². The third-order valence-corrected chi connectivity index (χ3v) is 2.18. The molecule has 0 atom stereocenters. The van der Waals surface area contributed by atoms with E-state index in [1.54, 1.807) is 12.1 Å². The van der Waals surface area contributed by atoms with Gasteiger partial charge in [-0.1, -0.05) is 11.6 Å². The normalized spacial score (nSPS) is 10.5. The predicted octanol–water partition coefficient (Wildman–Crippen LogP) is 2.39. The molecule has 4 nitrogen and oxygen atoms in total. The molecule has 0 spiro atoms. The van der Waals surface area contributed by atoms with Gasteiger partial charge in [0.25, 0.3) is 0 Å². The van der Waals surface area contributed by atoms with Gasteiger partial charge in [-0.05, 0) is 13.0 Å². The fourth-order valence-corrected chi connectivity index (χ4v) is 1.38. The molecule has 0 fully saturated rings. The van der Waals surface area contributed by atoms with E-state index in [4.69, 9.17) is 16.3 Å². The van der Waals surface area contributed by atoms with Crippen LogP contribution in [-0.4, -0.2) is 21.7 Å². The fraction of sp³-hybridized carbons (Fsp3) is 0.200. The third kappa shape index (κ3) is 1.80. The van der Waals surface area contributed by atoms with Crippen molar-refractivity contribution < 1.29 is 9.84 Å². The summed E-state index contributed by atoms with van der Waals surface area (Å²) in [6.45, 7) is 2.38. The Balaban J connectivity index is 2.63. The van der Waals surface area contributed by atoms with E-state index < -0.39 is 0 Å². The number of aromatic hydroxyl groups is 1. The van der Waals surface area contributed by atoms with E-state index in [0.29, 0.717) is 23.5 Å². The van der Waals surface area contributed by atoms with Gasteiger partial charge in [0.1, 0.15) is 10.5 Å². The highest BCUT2D eigenvalue weighted by atomic mass is 35.5. The molecule has 2 heterocycles. The number of hydrogen-bond acceptors (Lipinski definition) is 4. The van der Waals surface area contributed by atoms with Crippen molar-refractivity contribution in [3.63, 3.8) is 0 Å². The van der Waals surface area contributed by atoms with Crippen LogP contribution in [0.4, 0.5) is 0 Å². The zero-order valence-electron chi connectivity index (χ0n) is 8.07. The molecule has 0 amide bonds. The SMILES string of the molecule is CCOc1ccc2ncc(Cl)c(O)c2n1. The van der Waals surface area contributed by atoms with Crippen LogP contribution >= 0.6 is 11.6 Å². The summed E-state index contributed by atoms with van der Waals surface area (Å²) in [6, 6.07) is 3.43. The molecule has 0 saturated heterocycles. The van der Waals surface area contributed by atoms with Gasteiger partial charge in [0.2, 0.25) is 5.88 Å². The summed E-state index contributed by atoms with van der Waals surface area (Å²) in [5, 5.41) is 9.84. The highest BCUT2D eigenvalue weighted by molar-refractivity contribution is 6.32. The van der Waals surface area contributed by atoms with Gasteiger partial charge in [-0.2, -0.15) is 0 Å². The van der Waals surface area contributed by atoms with Crippen molar-refractivity contribution in [1.29, 1.82) is 0 Å². The summed E-state index contributed by atoms with van der Waals surface area (Å²) in [5.74, 6) is 0.382. The molecule has 15 heavy (non-hydrogen) atoms. The highest BCUT2D eigenvalue weighted by Gasteiger charge is 2.08. The standard InChI is InChI=1S/C10H9ClN2O2/c1-2-15-8-4-3-7-9(13-8)10(14)6(11)5-12-7/h3-5H,2H2,1H3,(H,12,14). The molecule has 2 rings (SSSR count). The summed E-state index contributed by atoms with van der Waals surface area (Å²) < 4.78 is 5.22. The first-order valence-electron chi connectivity index (χ1n) is 4.49. The van der Waals surface area contributed by atoms with Crippen molar-refractivity contribution in [2.45, 2.75) is 6.92 Å². The molecule has 2 aromatic heterocycles. The van der Waals surface area contributed by atoms with E-state index in [0.717, 1.165) is 0 Å². The Hall–Kier alpha value is -1.55. The molecule has 0 aromatic carbocycles. The minimum Gasteiger partial charge on any atom is -0.504 e. The smallest absolute Gasteiger partial charge is 0.214 e. The Labute approximate surface area is 91.5 Å². The molecular formula is C10H9ClN2O2. The molecular weight excluding hydrogens is 216 g/mol. The fourth-order valence-electron chi connectivity index (χ4n) is 1.24. The molecule has 0 radical (unpaired) electrons. The number of aromatic nitrogens is 2. The molecule has 0 aliphatic heterocycles. The van der Waals surface area contributed by atoms with Gasteiger partial charge >= 0.3 is 0 Å². The van der Waals surface area contributed by atoms with E-state index in [9.17, 15) is 5.11 Å².